The Hall–Kier alpha value is -1.35. The summed E-state index contributed by atoms with van der Waals surface area (Å²) in [6.07, 6.45) is -4.67. The van der Waals surface area contributed by atoms with E-state index in [0.717, 1.165) is 30.3 Å². The van der Waals surface area contributed by atoms with Crippen molar-refractivity contribution in [3.05, 3.63) is 65.2 Å². The molecule has 39 heavy (non-hydrogen) atoms. The number of hydrogen-bond acceptors (Lipinski definition) is 4. The van der Waals surface area contributed by atoms with Gasteiger partial charge >= 0.3 is 6.18 Å². The van der Waals surface area contributed by atoms with E-state index in [1.807, 2.05) is 0 Å². The lowest BCUT2D eigenvalue weighted by atomic mass is 9.72. The maximum absolute atomic E-state index is 15.1. The second-order valence-corrected chi connectivity index (χ2v) is 13.4. The van der Waals surface area contributed by atoms with E-state index in [9.17, 15) is 34.4 Å². The zero-order chi connectivity index (χ0) is 25.8. The lowest BCUT2D eigenvalue weighted by Crippen LogP contribution is -2.57. The van der Waals surface area contributed by atoms with Gasteiger partial charge in [0.15, 0.2) is 9.84 Å². The molecular weight excluding hydrogens is 602 g/mol. The summed E-state index contributed by atoms with van der Waals surface area (Å²) >= 11 is 0. The normalized spacial score (nSPS) is 25.9. The number of fused-ring (bicyclic) bond motifs is 1. The summed E-state index contributed by atoms with van der Waals surface area (Å²) in [5, 5.41) is -0.773. The van der Waals surface area contributed by atoms with Crippen LogP contribution in [0.4, 0.5) is 22.0 Å². The van der Waals surface area contributed by atoms with Crippen molar-refractivity contribution < 1.29 is 38.8 Å². The standard InChI is InChI=1S/C23H24F5NO4S2.2CH4.2H2S/c1-2-17-11-14-13-22(10-9-21(14)29-35(17,32)33,19-12-16(24)5-8-20(19)25)34(30,31)18-6-3-15(4-7-18)23(26,27)28;;;;/h3-8,12,14,17,21,29H,2,9-11,13H2,1H3;2*1H4;2*1H2/t14-,17+,21+,22-;;;;/m1..../s1. The Morgan fingerprint density at radius 1 is 1.03 bits per heavy atom. The average molecular weight is 638 g/mol. The summed E-state index contributed by atoms with van der Waals surface area (Å²) in [7, 11) is -8.14. The van der Waals surface area contributed by atoms with E-state index in [0.29, 0.717) is 12.1 Å². The molecule has 4 atom stereocenters. The van der Waals surface area contributed by atoms with Crippen molar-refractivity contribution in [3.63, 3.8) is 0 Å². The molecule has 0 aromatic heterocycles. The molecule has 4 rings (SSSR count). The molecule has 224 valence electrons. The van der Waals surface area contributed by atoms with E-state index < -0.39 is 75.7 Å². The first kappa shape index (κ1) is 37.6. The minimum atomic E-state index is -4.68. The third-order valence-electron chi connectivity index (χ3n) is 7.22. The Morgan fingerprint density at radius 3 is 2.15 bits per heavy atom. The van der Waals surface area contributed by atoms with Crippen molar-refractivity contribution in [2.45, 2.75) is 81.0 Å². The summed E-state index contributed by atoms with van der Waals surface area (Å²) in [6.45, 7) is 1.69. The number of nitrogens with one attached hydrogen (secondary N) is 1. The molecule has 1 saturated heterocycles. The fourth-order valence-corrected chi connectivity index (χ4v) is 9.46. The van der Waals surface area contributed by atoms with Crippen molar-refractivity contribution in [1.82, 2.24) is 4.72 Å². The summed E-state index contributed by atoms with van der Waals surface area (Å²) in [5.41, 5.74) is -1.45. The molecule has 1 aliphatic heterocycles. The maximum atomic E-state index is 15.1. The molecule has 0 radical (unpaired) electrons. The first-order valence-electron chi connectivity index (χ1n) is 11.1. The molecule has 1 heterocycles. The van der Waals surface area contributed by atoms with Crippen LogP contribution in [-0.2, 0) is 30.8 Å². The molecule has 14 heteroatoms. The van der Waals surface area contributed by atoms with Crippen molar-refractivity contribution in [1.29, 1.82) is 0 Å². The van der Waals surface area contributed by atoms with Crippen LogP contribution in [0.15, 0.2) is 47.4 Å². The zero-order valence-electron chi connectivity index (χ0n) is 19.6. The molecule has 1 N–H and O–H groups in total. The van der Waals surface area contributed by atoms with Crippen molar-refractivity contribution >= 4 is 46.9 Å². The Labute approximate surface area is 241 Å². The van der Waals surface area contributed by atoms with E-state index in [1.54, 1.807) is 6.92 Å². The topological polar surface area (TPSA) is 80.3 Å². The van der Waals surface area contributed by atoms with Gasteiger partial charge in [-0.1, -0.05) is 21.8 Å². The van der Waals surface area contributed by atoms with Crippen LogP contribution in [0.2, 0.25) is 0 Å². The number of benzene rings is 2. The number of sulfonamides is 1. The molecular formula is C25H36F5NO4S4. The van der Waals surface area contributed by atoms with Crippen LogP contribution < -0.4 is 4.72 Å². The monoisotopic (exact) mass is 637 g/mol. The molecule has 1 saturated carbocycles. The first-order chi connectivity index (χ1) is 16.2. The highest BCUT2D eigenvalue weighted by molar-refractivity contribution is 7.92. The number of halogens is 5. The lowest BCUT2D eigenvalue weighted by molar-refractivity contribution is -0.137. The fourth-order valence-electron chi connectivity index (χ4n) is 5.38. The molecule has 1 aliphatic carbocycles. The summed E-state index contributed by atoms with van der Waals surface area (Å²) in [4.78, 5) is -0.448. The highest BCUT2D eigenvalue weighted by Gasteiger charge is 2.55. The molecule has 0 amide bonds. The average Bonchev–Trinajstić information content (AvgIpc) is 2.79. The van der Waals surface area contributed by atoms with E-state index in [1.165, 1.54) is 0 Å². The van der Waals surface area contributed by atoms with Gasteiger partial charge in [0.25, 0.3) is 0 Å². The third-order valence-corrected chi connectivity index (χ3v) is 11.8. The highest BCUT2D eigenvalue weighted by atomic mass is 32.2. The summed E-state index contributed by atoms with van der Waals surface area (Å²) < 4.78 is 122. The van der Waals surface area contributed by atoms with Gasteiger partial charge in [0.05, 0.1) is 15.7 Å². The Kier molecular flexibility index (Phi) is 12.6. The molecule has 2 aliphatic rings. The van der Waals surface area contributed by atoms with Gasteiger partial charge in [-0.3, -0.25) is 0 Å². The molecule has 2 aromatic rings. The maximum Gasteiger partial charge on any atom is 0.416 e. The number of alkyl halides is 3. The quantitative estimate of drug-likeness (QED) is 0.393. The van der Waals surface area contributed by atoms with Crippen LogP contribution in [0, 0.1) is 17.6 Å². The molecule has 0 bridgehead atoms. The van der Waals surface area contributed by atoms with Crippen LogP contribution in [0.3, 0.4) is 0 Å². The second-order valence-electron chi connectivity index (χ2n) is 9.18. The minimum Gasteiger partial charge on any atom is -0.223 e. The Balaban J connectivity index is 0.00000361. The lowest BCUT2D eigenvalue weighted by Gasteiger charge is -2.47. The van der Waals surface area contributed by atoms with Crippen molar-refractivity contribution in [3.8, 4) is 0 Å². The molecule has 5 nitrogen and oxygen atoms in total. The van der Waals surface area contributed by atoms with Gasteiger partial charge in [0.2, 0.25) is 10.0 Å². The second kappa shape index (κ2) is 13.1. The van der Waals surface area contributed by atoms with Gasteiger partial charge in [-0.2, -0.15) is 40.2 Å². The van der Waals surface area contributed by atoms with Gasteiger partial charge in [-0.25, -0.2) is 30.3 Å². The van der Waals surface area contributed by atoms with Gasteiger partial charge in [-0.05, 0) is 80.5 Å². The Bertz CT molecular complexity index is 1340. The van der Waals surface area contributed by atoms with Crippen LogP contribution >= 0.6 is 27.0 Å². The smallest absolute Gasteiger partial charge is 0.223 e. The van der Waals surface area contributed by atoms with Crippen LogP contribution in [0.1, 0.15) is 65.0 Å². The van der Waals surface area contributed by atoms with E-state index in [2.05, 4.69) is 4.72 Å². The number of hydrogen-bond donors (Lipinski definition) is 1. The predicted octanol–water partition coefficient (Wildman–Crippen LogP) is 6.42. The number of rotatable bonds is 4. The first-order valence-corrected chi connectivity index (χ1v) is 14.1. The van der Waals surface area contributed by atoms with E-state index in [4.69, 9.17) is 0 Å². The minimum absolute atomic E-state index is 0. The highest BCUT2D eigenvalue weighted by Crippen LogP contribution is 2.52. The molecule has 2 aromatic carbocycles. The van der Waals surface area contributed by atoms with E-state index >= 15 is 4.39 Å². The number of sulfone groups is 1. The van der Waals surface area contributed by atoms with Crippen LogP contribution in [0.5, 0.6) is 0 Å². The predicted molar refractivity (Wildman–Crippen MR) is 153 cm³/mol. The SMILES string of the molecule is C.C.CC[C@H]1C[C@@H]2C[C@](c3cc(F)ccc3F)(S(=O)(=O)c3ccc(C(F)(F)F)cc3)CC[C@@H]2NS1(=O)=O.S.S. The fraction of sp³-hybridized carbons (Fsp3) is 0.520. The van der Waals surface area contributed by atoms with E-state index in [-0.39, 0.29) is 73.9 Å². The molecule has 2 fully saturated rings. The largest absolute Gasteiger partial charge is 0.416 e. The van der Waals surface area contributed by atoms with Gasteiger partial charge in [0, 0.05) is 11.6 Å². The van der Waals surface area contributed by atoms with Gasteiger partial charge in [-0.15, -0.1) is 0 Å². The van der Waals surface area contributed by atoms with Crippen molar-refractivity contribution in [2.75, 3.05) is 0 Å². The van der Waals surface area contributed by atoms with Crippen LogP contribution in [0.25, 0.3) is 0 Å². The molecule has 0 spiro atoms. The van der Waals surface area contributed by atoms with Crippen LogP contribution in [-0.4, -0.2) is 28.1 Å². The third kappa shape index (κ3) is 6.77. The molecule has 0 unspecified atom stereocenters. The Morgan fingerprint density at radius 2 is 1.62 bits per heavy atom. The summed E-state index contributed by atoms with van der Waals surface area (Å²) in [5.74, 6) is -2.31. The zero-order valence-corrected chi connectivity index (χ0v) is 23.3. The van der Waals surface area contributed by atoms with Gasteiger partial charge in [0.1, 0.15) is 16.4 Å². The summed E-state index contributed by atoms with van der Waals surface area (Å²) in [6, 6.07) is 4.82. The van der Waals surface area contributed by atoms with Crippen molar-refractivity contribution in [2.24, 2.45) is 5.92 Å². The van der Waals surface area contributed by atoms with Gasteiger partial charge < -0.3 is 0 Å².